The Morgan fingerprint density at radius 2 is 1.27 bits per heavy atom. The van der Waals surface area contributed by atoms with E-state index in [0.717, 1.165) is 11.1 Å². The molecule has 0 atom stereocenters. The van der Waals surface area contributed by atoms with Gasteiger partial charge in [-0.15, -0.1) is 0 Å². The number of aliphatic carboxylic acids is 1. The number of carbonyl (C=O) groups is 2. The van der Waals surface area contributed by atoms with E-state index in [1.807, 2.05) is 0 Å². The number of nitrogens with two attached hydrogens (primary N) is 1. The quantitative estimate of drug-likeness (QED) is 0.837. The summed E-state index contributed by atoms with van der Waals surface area (Å²) in [5.41, 5.74) is 7.38. The summed E-state index contributed by atoms with van der Waals surface area (Å²) in [6, 6.07) is 13.4. The molecule has 1 amide bonds. The molecule has 0 aliphatic heterocycles. The van der Waals surface area contributed by atoms with Crippen molar-refractivity contribution in [2.45, 2.75) is 11.1 Å². The Hall–Kier alpha value is -2.88. The highest BCUT2D eigenvalue weighted by molar-refractivity contribution is 7.90. The lowest BCUT2D eigenvalue weighted by Crippen LogP contribution is -2.21. The molecule has 0 fully saturated rings. The van der Waals surface area contributed by atoms with Gasteiger partial charge in [0.1, 0.15) is 0 Å². The van der Waals surface area contributed by atoms with Gasteiger partial charge in [-0.25, -0.2) is 13.2 Å². The fourth-order valence-electron chi connectivity index (χ4n) is 1.72. The first-order chi connectivity index (χ1) is 11.8. The van der Waals surface area contributed by atoms with Crippen LogP contribution in [0.3, 0.4) is 0 Å². The van der Waals surface area contributed by atoms with Gasteiger partial charge in [-0.2, -0.15) is 13.2 Å². The zero-order chi connectivity index (χ0) is 20.1. The molecule has 10 heteroatoms. The molecular weight excluding hydrogens is 375 g/mol. The molecule has 2 aromatic rings. The fraction of sp³-hybridized carbons (Fsp3) is 0.125. The van der Waals surface area contributed by atoms with E-state index in [4.69, 9.17) is 15.6 Å². The van der Waals surface area contributed by atoms with E-state index in [2.05, 4.69) is 0 Å². The number of carbonyl (C=O) groups excluding carboxylic acids is 1. The molecular formula is C16H14F3NO5S. The van der Waals surface area contributed by atoms with E-state index in [-0.39, 0.29) is 4.90 Å². The van der Waals surface area contributed by atoms with Crippen LogP contribution in [0.25, 0.3) is 11.1 Å². The number of carboxylic acids is 1. The van der Waals surface area contributed by atoms with Crippen molar-refractivity contribution >= 4 is 21.7 Å². The molecule has 0 radical (unpaired) electrons. The molecule has 0 aliphatic carbocycles. The number of alkyl halides is 3. The van der Waals surface area contributed by atoms with Gasteiger partial charge in [0.25, 0.3) is 0 Å². The summed E-state index contributed by atoms with van der Waals surface area (Å²) < 4.78 is 54.4. The molecule has 2 aromatic carbocycles. The predicted molar refractivity (Wildman–Crippen MR) is 87.2 cm³/mol. The van der Waals surface area contributed by atoms with Gasteiger partial charge in [0.15, 0.2) is 9.84 Å². The Morgan fingerprint density at radius 1 is 0.923 bits per heavy atom. The standard InChI is InChI=1S/C14H13NO3S.C2HF3O2/c1-19(17,18)13-8-6-11(7-9-13)10-2-4-12(5-3-10)14(15)16;3-2(4,5)1(6)7/h2-9H,1H3,(H2,15,16);(H,6,7). The maximum Gasteiger partial charge on any atom is 0.490 e. The first-order valence-corrected chi connectivity index (χ1v) is 8.72. The van der Waals surface area contributed by atoms with Gasteiger partial charge in [-0.3, -0.25) is 4.79 Å². The first-order valence-electron chi connectivity index (χ1n) is 6.83. The summed E-state index contributed by atoms with van der Waals surface area (Å²) in [4.78, 5) is 20.1. The normalized spacial score (nSPS) is 11.2. The van der Waals surface area contributed by atoms with E-state index in [0.29, 0.717) is 5.56 Å². The number of sulfone groups is 1. The molecule has 0 spiro atoms. The van der Waals surface area contributed by atoms with Crippen LogP contribution in [-0.2, 0) is 14.6 Å². The molecule has 0 unspecified atom stereocenters. The van der Waals surface area contributed by atoms with Crippen LogP contribution in [0.15, 0.2) is 53.4 Å². The zero-order valence-corrected chi connectivity index (χ0v) is 14.1. The molecule has 0 bridgehead atoms. The topological polar surface area (TPSA) is 115 Å². The molecule has 6 nitrogen and oxygen atoms in total. The van der Waals surface area contributed by atoms with Gasteiger partial charge >= 0.3 is 12.1 Å². The van der Waals surface area contributed by atoms with Crippen LogP contribution in [-0.4, -0.2) is 37.8 Å². The highest BCUT2D eigenvalue weighted by atomic mass is 32.2. The second-order valence-electron chi connectivity index (χ2n) is 5.04. The van der Waals surface area contributed by atoms with E-state index in [9.17, 15) is 26.4 Å². The largest absolute Gasteiger partial charge is 0.490 e. The molecule has 26 heavy (non-hydrogen) atoms. The summed E-state index contributed by atoms with van der Waals surface area (Å²) in [6.45, 7) is 0. The maximum absolute atomic E-state index is 11.3. The van der Waals surface area contributed by atoms with E-state index in [1.54, 1.807) is 48.5 Å². The van der Waals surface area contributed by atoms with Crippen molar-refractivity contribution in [1.82, 2.24) is 0 Å². The molecule has 2 rings (SSSR count). The molecule has 0 heterocycles. The number of primary amides is 1. The highest BCUT2D eigenvalue weighted by Crippen LogP contribution is 2.21. The summed E-state index contributed by atoms with van der Waals surface area (Å²) >= 11 is 0. The summed E-state index contributed by atoms with van der Waals surface area (Å²) in [5.74, 6) is -3.23. The summed E-state index contributed by atoms with van der Waals surface area (Å²) in [6.07, 6.45) is -3.91. The Kier molecular flexibility index (Phi) is 6.51. The van der Waals surface area contributed by atoms with Crippen LogP contribution in [0.5, 0.6) is 0 Å². The lowest BCUT2D eigenvalue weighted by Gasteiger charge is -2.04. The predicted octanol–water partition coefficient (Wildman–Crippen LogP) is 2.49. The van der Waals surface area contributed by atoms with Gasteiger partial charge in [0, 0.05) is 11.8 Å². The number of hydrogen-bond acceptors (Lipinski definition) is 4. The smallest absolute Gasteiger partial charge is 0.475 e. The minimum atomic E-state index is -5.08. The minimum Gasteiger partial charge on any atom is -0.475 e. The molecule has 0 saturated heterocycles. The number of carboxylic acid groups (broad SMARTS) is 1. The lowest BCUT2D eigenvalue weighted by molar-refractivity contribution is -0.192. The van der Waals surface area contributed by atoms with Crippen LogP contribution in [0, 0.1) is 0 Å². The summed E-state index contributed by atoms with van der Waals surface area (Å²) in [5, 5.41) is 7.12. The van der Waals surface area contributed by atoms with Crippen molar-refractivity contribution in [2.75, 3.05) is 6.26 Å². The Balaban J connectivity index is 0.000000412. The van der Waals surface area contributed by atoms with Crippen LogP contribution < -0.4 is 5.73 Å². The Bertz CT molecular complexity index is 889. The minimum absolute atomic E-state index is 0.282. The van der Waals surface area contributed by atoms with Crippen molar-refractivity contribution in [3.05, 3.63) is 54.1 Å². The van der Waals surface area contributed by atoms with E-state index in [1.165, 1.54) is 6.26 Å². The zero-order valence-electron chi connectivity index (χ0n) is 13.3. The lowest BCUT2D eigenvalue weighted by atomic mass is 10.0. The van der Waals surface area contributed by atoms with E-state index < -0.39 is 27.9 Å². The van der Waals surface area contributed by atoms with Gasteiger partial charge < -0.3 is 10.8 Å². The SMILES string of the molecule is CS(=O)(=O)c1ccc(-c2ccc(C(N)=O)cc2)cc1.O=C(O)C(F)(F)F. The van der Waals surface area contributed by atoms with Crippen LogP contribution >= 0.6 is 0 Å². The van der Waals surface area contributed by atoms with Crippen molar-refractivity contribution in [3.63, 3.8) is 0 Å². The van der Waals surface area contributed by atoms with Gasteiger partial charge in [-0.1, -0.05) is 24.3 Å². The third kappa shape index (κ3) is 6.20. The van der Waals surface area contributed by atoms with Crippen molar-refractivity contribution < 1.29 is 36.3 Å². The van der Waals surface area contributed by atoms with Crippen molar-refractivity contribution in [2.24, 2.45) is 5.73 Å². The Morgan fingerprint density at radius 3 is 1.54 bits per heavy atom. The second kappa shape index (κ2) is 8.00. The van der Waals surface area contributed by atoms with Crippen molar-refractivity contribution in [3.8, 4) is 11.1 Å². The molecule has 0 aromatic heterocycles. The number of halogens is 3. The van der Waals surface area contributed by atoms with E-state index >= 15 is 0 Å². The third-order valence-electron chi connectivity index (χ3n) is 3.03. The van der Waals surface area contributed by atoms with Crippen LogP contribution in [0.1, 0.15) is 10.4 Å². The third-order valence-corrected chi connectivity index (χ3v) is 4.16. The summed E-state index contributed by atoms with van der Waals surface area (Å²) in [7, 11) is -3.18. The first kappa shape index (κ1) is 21.2. The molecule has 140 valence electrons. The monoisotopic (exact) mass is 389 g/mol. The van der Waals surface area contributed by atoms with Crippen LogP contribution in [0.2, 0.25) is 0 Å². The van der Waals surface area contributed by atoms with Gasteiger partial charge in [0.2, 0.25) is 5.91 Å². The maximum atomic E-state index is 11.3. The number of rotatable bonds is 3. The second-order valence-corrected chi connectivity index (χ2v) is 7.06. The average Bonchev–Trinajstić information content (AvgIpc) is 2.54. The molecule has 0 saturated carbocycles. The van der Waals surface area contributed by atoms with Gasteiger partial charge in [0.05, 0.1) is 4.90 Å². The number of hydrogen-bond donors (Lipinski definition) is 2. The number of benzene rings is 2. The van der Waals surface area contributed by atoms with Crippen molar-refractivity contribution in [1.29, 1.82) is 0 Å². The Labute approximate surface area is 147 Å². The highest BCUT2D eigenvalue weighted by Gasteiger charge is 2.38. The fourth-order valence-corrected chi connectivity index (χ4v) is 2.35. The molecule has 0 aliphatic rings. The van der Waals surface area contributed by atoms with Gasteiger partial charge in [-0.05, 0) is 35.4 Å². The average molecular weight is 389 g/mol. The van der Waals surface area contributed by atoms with Crippen LogP contribution in [0.4, 0.5) is 13.2 Å². The molecule has 3 N–H and O–H groups in total. The number of amides is 1.